The predicted octanol–water partition coefficient (Wildman–Crippen LogP) is 2.46. The van der Waals surface area contributed by atoms with Crippen LogP contribution in [0.5, 0.6) is 0 Å². The largest absolute Gasteiger partial charge is 0.481 e. The topological polar surface area (TPSA) is 57.5 Å². The third-order valence-corrected chi connectivity index (χ3v) is 2.98. The molecule has 4 heteroatoms. The van der Waals surface area contributed by atoms with Gasteiger partial charge in [0.15, 0.2) is 0 Å². The van der Waals surface area contributed by atoms with Gasteiger partial charge >= 0.3 is 5.97 Å². The molecular formula is C12H15BrO3. The van der Waals surface area contributed by atoms with Gasteiger partial charge in [0.2, 0.25) is 0 Å². The number of aliphatic hydroxyl groups excluding tert-OH is 1. The Morgan fingerprint density at radius 3 is 2.44 bits per heavy atom. The Kier molecular flexibility index (Phi) is 5.49. The van der Waals surface area contributed by atoms with Crippen LogP contribution in [0.3, 0.4) is 0 Å². The van der Waals surface area contributed by atoms with Gasteiger partial charge in [-0.3, -0.25) is 4.79 Å². The molecule has 0 aromatic heterocycles. The molecule has 0 aliphatic carbocycles. The Balaban J connectivity index is 2.60. The Morgan fingerprint density at radius 1 is 1.31 bits per heavy atom. The minimum Gasteiger partial charge on any atom is -0.481 e. The van der Waals surface area contributed by atoms with E-state index in [0.29, 0.717) is 19.3 Å². The number of halogens is 1. The first-order valence-electron chi connectivity index (χ1n) is 5.21. The second-order valence-corrected chi connectivity index (χ2v) is 4.65. The molecule has 0 bridgehead atoms. The third kappa shape index (κ3) is 4.33. The molecule has 2 N–H and O–H groups in total. The maximum Gasteiger partial charge on any atom is 0.306 e. The number of carboxylic acid groups (broad SMARTS) is 1. The van der Waals surface area contributed by atoms with Crippen molar-refractivity contribution in [3.05, 3.63) is 34.3 Å². The molecule has 0 amide bonds. The summed E-state index contributed by atoms with van der Waals surface area (Å²) in [4.78, 5) is 11.0. The second-order valence-electron chi connectivity index (χ2n) is 3.73. The fourth-order valence-corrected chi connectivity index (χ4v) is 1.82. The van der Waals surface area contributed by atoms with Gasteiger partial charge in [-0.2, -0.15) is 0 Å². The molecule has 88 valence electrons. The lowest BCUT2D eigenvalue weighted by Crippen LogP contribution is -2.16. The zero-order valence-corrected chi connectivity index (χ0v) is 10.5. The van der Waals surface area contributed by atoms with Gasteiger partial charge in [0.05, 0.1) is 5.92 Å². The van der Waals surface area contributed by atoms with E-state index in [9.17, 15) is 4.79 Å². The number of hydrogen-bond acceptors (Lipinski definition) is 2. The minimum absolute atomic E-state index is 0.0458. The van der Waals surface area contributed by atoms with Crippen LogP contribution in [-0.4, -0.2) is 22.8 Å². The lowest BCUT2D eigenvalue weighted by atomic mass is 9.95. The SMILES string of the molecule is O=C(O)C(CCCO)Cc1ccc(Br)cc1. The lowest BCUT2D eigenvalue weighted by molar-refractivity contribution is -0.142. The zero-order valence-electron chi connectivity index (χ0n) is 8.90. The molecule has 1 atom stereocenters. The summed E-state index contributed by atoms with van der Waals surface area (Å²) in [6.07, 6.45) is 1.57. The summed E-state index contributed by atoms with van der Waals surface area (Å²) in [6, 6.07) is 7.64. The third-order valence-electron chi connectivity index (χ3n) is 2.46. The fraction of sp³-hybridized carbons (Fsp3) is 0.417. The molecule has 0 aliphatic heterocycles. The molecule has 0 fully saturated rings. The molecule has 1 unspecified atom stereocenters. The van der Waals surface area contributed by atoms with E-state index in [2.05, 4.69) is 15.9 Å². The summed E-state index contributed by atoms with van der Waals surface area (Å²) in [6.45, 7) is 0.0458. The summed E-state index contributed by atoms with van der Waals surface area (Å²) >= 11 is 3.33. The van der Waals surface area contributed by atoms with E-state index in [-0.39, 0.29) is 6.61 Å². The van der Waals surface area contributed by atoms with Crippen LogP contribution in [0.4, 0.5) is 0 Å². The number of carboxylic acids is 1. The Bertz CT molecular complexity index is 335. The number of hydrogen-bond donors (Lipinski definition) is 2. The van der Waals surface area contributed by atoms with Crippen molar-refractivity contribution >= 4 is 21.9 Å². The van der Waals surface area contributed by atoms with E-state index >= 15 is 0 Å². The van der Waals surface area contributed by atoms with E-state index in [4.69, 9.17) is 10.2 Å². The number of carbonyl (C=O) groups is 1. The van der Waals surface area contributed by atoms with Crippen LogP contribution in [0.2, 0.25) is 0 Å². The monoisotopic (exact) mass is 286 g/mol. The molecule has 1 aromatic carbocycles. The van der Waals surface area contributed by atoms with Crippen molar-refractivity contribution in [1.82, 2.24) is 0 Å². The summed E-state index contributed by atoms with van der Waals surface area (Å²) in [5, 5.41) is 17.7. The summed E-state index contributed by atoms with van der Waals surface area (Å²) in [5.41, 5.74) is 1.01. The van der Waals surface area contributed by atoms with Crippen LogP contribution in [0.15, 0.2) is 28.7 Å². The van der Waals surface area contributed by atoms with Crippen LogP contribution in [0.25, 0.3) is 0 Å². The second kappa shape index (κ2) is 6.66. The molecule has 0 saturated heterocycles. The number of aliphatic carboxylic acids is 1. The molecule has 0 heterocycles. The van der Waals surface area contributed by atoms with Gasteiger partial charge < -0.3 is 10.2 Å². The van der Waals surface area contributed by atoms with Gasteiger partial charge in [0.1, 0.15) is 0 Å². The van der Waals surface area contributed by atoms with E-state index in [1.807, 2.05) is 24.3 Å². The molecule has 0 radical (unpaired) electrons. The maximum atomic E-state index is 11.0. The quantitative estimate of drug-likeness (QED) is 0.845. The first-order chi connectivity index (χ1) is 7.63. The normalized spacial score (nSPS) is 12.4. The zero-order chi connectivity index (χ0) is 12.0. The molecule has 3 nitrogen and oxygen atoms in total. The first kappa shape index (κ1) is 13.2. The fourth-order valence-electron chi connectivity index (χ4n) is 1.56. The molecule has 0 saturated carbocycles. The molecule has 1 aromatic rings. The van der Waals surface area contributed by atoms with Crippen LogP contribution in [0.1, 0.15) is 18.4 Å². The molecule has 0 spiro atoms. The lowest BCUT2D eigenvalue weighted by Gasteiger charge is -2.11. The first-order valence-corrected chi connectivity index (χ1v) is 6.01. The molecular weight excluding hydrogens is 272 g/mol. The highest BCUT2D eigenvalue weighted by Crippen LogP contribution is 2.17. The van der Waals surface area contributed by atoms with Crippen molar-refractivity contribution in [3.8, 4) is 0 Å². The maximum absolute atomic E-state index is 11.0. The van der Waals surface area contributed by atoms with Crippen LogP contribution < -0.4 is 0 Å². The van der Waals surface area contributed by atoms with E-state index in [0.717, 1.165) is 10.0 Å². The van der Waals surface area contributed by atoms with Crippen molar-refractivity contribution in [2.75, 3.05) is 6.61 Å². The summed E-state index contributed by atoms with van der Waals surface area (Å²) < 4.78 is 0.985. The van der Waals surface area contributed by atoms with Gasteiger partial charge in [0.25, 0.3) is 0 Å². The van der Waals surface area contributed by atoms with E-state index in [1.54, 1.807) is 0 Å². The average Bonchev–Trinajstić information content (AvgIpc) is 2.26. The molecule has 1 rings (SSSR count). The predicted molar refractivity (Wildman–Crippen MR) is 65.3 cm³/mol. The van der Waals surface area contributed by atoms with Gasteiger partial charge in [-0.05, 0) is 37.0 Å². The van der Waals surface area contributed by atoms with Crippen LogP contribution >= 0.6 is 15.9 Å². The van der Waals surface area contributed by atoms with Crippen molar-refractivity contribution < 1.29 is 15.0 Å². The van der Waals surface area contributed by atoms with Crippen molar-refractivity contribution in [2.45, 2.75) is 19.3 Å². The highest BCUT2D eigenvalue weighted by molar-refractivity contribution is 9.10. The van der Waals surface area contributed by atoms with Crippen LogP contribution in [-0.2, 0) is 11.2 Å². The number of rotatable bonds is 6. The van der Waals surface area contributed by atoms with Gasteiger partial charge in [-0.15, -0.1) is 0 Å². The Morgan fingerprint density at radius 2 is 1.94 bits per heavy atom. The van der Waals surface area contributed by atoms with Crippen LogP contribution in [0, 0.1) is 5.92 Å². The summed E-state index contributed by atoms with van der Waals surface area (Å²) in [5.74, 6) is -1.20. The van der Waals surface area contributed by atoms with Gasteiger partial charge in [-0.1, -0.05) is 28.1 Å². The molecule has 0 aliphatic rings. The van der Waals surface area contributed by atoms with Gasteiger partial charge in [-0.25, -0.2) is 0 Å². The Hall–Kier alpha value is -0.870. The van der Waals surface area contributed by atoms with E-state index in [1.165, 1.54) is 0 Å². The smallest absolute Gasteiger partial charge is 0.306 e. The van der Waals surface area contributed by atoms with Gasteiger partial charge in [0, 0.05) is 11.1 Å². The molecule has 16 heavy (non-hydrogen) atoms. The highest BCUT2D eigenvalue weighted by Gasteiger charge is 2.17. The number of aliphatic hydroxyl groups is 1. The summed E-state index contributed by atoms with van der Waals surface area (Å²) in [7, 11) is 0. The van der Waals surface area contributed by atoms with Crippen molar-refractivity contribution in [3.63, 3.8) is 0 Å². The van der Waals surface area contributed by atoms with Crippen molar-refractivity contribution in [2.24, 2.45) is 5.92 Å². The minimum atomic E-state index is -0.795. The standard InChI is InChI=1S/C12H15BrO3/c13-11-5-3-9(4-6-11)8-10(12(15)16)2-1-7-14/h3-6,10,14H,1-2,7-8H2,(H,15,16). The van der Waals surface area contributed by atoms with E-state index < -0.39 is 11.9 Å². The Labute approximate surface area is 103 Å². The van der Waals surface area contributed by atoms with Crippen molar-refractivity contribution in [1.29, 1.82) is 0 Å². The highest BCUT2D eigenvalue weighted by atomic mass is 79.9. The average molecular weight is 287 g/mol. The number of benzene rings is 1.